The fraction of sp³-hybridized carbons (Fsp3) is 0.262. The Bertz CT molecular complexity index is 5580. The number of pyridine rings is 4. The largest absolute Gasteiger partial charge is 1.00 e. The number of terminal acetylenes is 1. The van der Waals surface area contributed by atoms with Crippen molar-refractivity contribution in [1.29, 1.82) is 0 Å². The predicted molar refractivity (Wildman–Crippen MR) is 422 cm³/mol. The van der Waals surface area contributed by atoms with Crippen molar-refractivity contribution in [2.45, 2.75) is 128 Å². The van der Waals surface area contributed by atoms with Crippen LogP contribution in [0.4, 0.5) is 0 Å². The van der Waals surface area contributed by atoms with Crippen LogP contribution in [0.2, 0.25) is 0 Å². The molecule has 17 rings (SSSR count). The van der Waals surface area contributed by atoms with Gasteiger partial charge in [0.2, 0.25) is 0 Å². The number of carbonyl (C=O) groups excluding carboxylic acids is 2. The smallest absolute Gasteiger partial charge is 1.00 e. The summed E-state index contributed by atoms with van der Waals surface area (Å²) in [5, 5.41) is 22.0. The monoisotopic (exact) mass is 1540 g/mol. The molecule has 2 atom stereocenters. The molecule has 12 aromatic rings. The van der Waals surface area contributed by atoms with E-state index in [4.69, 9.17) is 11.2 Å². The minimum absolute atomic E-state index is 0. The Kier molecular flexibility index (Phi) is 30.6. The van der Waals surface area contributed by atoms with Crippen LogP contribution in [0.3, 0.4) is 0 Å². The zero-order valence-corrected chi connectivity index (χ0v) is 64.4. The summed E-state index contributed by atoms with van der Waals surface area (Å²) in [5.41, 5.74) is 7.55. The van der Waals surface area contributed by atoms with E-state index < -0.39 is 0 Å². The molecule has 109 heavy (non-hydrogen) atoms. The number of nitrogens with zero attached hydrogens (tertiary/aromatic N) is 12. The van der Waals surface area contributed by atoms with Crippen molar-refractivity contribution in [2.75, 3.05) is 13.2 Å². The van der Waals surface area contributed by atoms with Crippen LogP contribution < -0.4 is 51.8 Å². The number of aromatic nitrogens is 12. The molecule has 2 N–H and O–H groups in total. The second kappa shape index (κ2) is 40.5. The number of aliphatic hydroxyl groups is 2. The maximum atomic E-state index is 12.7. The number of Topliss-reactive ketones (excluding diaryl/α,β-unsaturated/α-hetero) is 2. The number of fused-ring (bicyclic) bond motifs is 8. The zero-order valence-electron chi connectivity index (χ0n) is 61.0. The van der Waals surface area contributed by atoms with Crippen LogP contribution in [0.5, 0.6) is 0 Å². The number of hydrogen-bond acceptors (Lipinski definition) is 17. The van der Waals surface area contributed by atoms with Gasteiger partial charge < -0.3 is 16.4 Å². The van der Waals surface area contributed by atoms with E-state index in [1.54, 1.807) is 73.4 Å². The van der Waals surface area contributed by atoms with Crippen molar-refractivity contribution >= 4 is 91.9 Å². The van der Waals surface area contributed by atoms with Crippen molar-refractivity contribution in [1.82, 2.24) is 58.1 Å². The summed E-state index contributed by atoms with van der Waals surface area (Å²) >= 11 is 3.38. The van der Waals surface area contributed by atoms with Crippen LogP contribution in [0.1, 0.15) is 128 Å². The average Bonchev–Trinajstić information content (AvgIpc) is 1.15. The summed E-state index contributed by atoms with van der Waals surface area (Å²) in [7, 11) is 0. The Morgan fingerprint density at radius 2 is 0.734 bits per heavy atom. The maximum Gasteiger partial charge on any atom is 1.00 e. The SMILES string of the molecule is C#Cc1ccccn1.C1CCOC1.Cl.O=C1CCc2nc3cc(Br)ccc3c(=O)n2CC1.O=C1CCc2nc3cc(C#Cc4ccccn4)ccc3c(=O)n2CC1.O=c1c2ccc(C#Cc3ccccn3)cc2nc2n1CCC(O)CC2.O=c1c2ccc(C#Cc3ccccn3)cc2nc2n1CCC(O)CC2.[B].[H-].[Na+]. The van der Waals surface area contributed by atoms with Crippen molar-refractivity contribution < 1.29 is 55.5 Å². The predicted octanol–water partition coefficient (Wildman–Crippen LogP) is 6.96. The van der Waals surface area contributed by atoms with Crippen LogP contribution in [-0.2, 0) is 66.2 Å². The second-order valence-corrected chi connectivity index (χ2v) is 26.3. The van der Waals surface area contributed by atoms with E-state index in [9.17, 15) is 39.0 Å². The summed E-state index contributed by atoms with van der Waals surface area (Å²) in [5.74, 6) is 23.9. The number of aliphatic hydroxyl groups excluding tert-OH is 2. The molecular weight excluding hydrogens is 1470 g/mol. The molecule has 1 fully saturated rings. The van der Waals surface area contributed by atoms with Crippen molar-refractivity contribution in [3.63, 3.8) is 0 Å². The third-order valence-corrected chi connectivity index (χ3v) is 18.5. The summed E-state index contributed by atoms with van der Waals surface area (Å²) in [6.07, 6.45) is 20.1. The molecule has 1 saturated heterocycles. The summed E-state index contributed by atoms with van der Waals surface area (Å²) in [6, 6.07) is 44.0. The van der Waals surface area contributed by atoms with Gasteiger partial charge >= 0.3 is 29.6 Å². The molecule has 21 nitrogen and oxygen atoms in total. The number of benzene rings is 4. The molecule has 5 aliphatic heterocycles. The van der Waals surface area contributed by atoms with E-state index in [1.165, 1.54) is 12.8 Å². The first-order chi connectivity index (χ1) is 51.7. The molecule has 0 spiro atoms. The Hall–Kier alpha value is -10.7. The number of ketones is 2. The van der Waals surface area contributed by atoms with Crippen molar-refractivity contribution in [3.8, 4) is 47.9 Å². The third kappa shape index (κ3) is 22.3. The van der Waals surface area contributed by atoms with Gasteiger partial charge in [-0.15, -0.1) is 18.8 Å². The Morgan fingerprint density at radius 1 is 0.404 bits per heavy atom. The van der Waals surface area contributed by atoms with Crippen LogP contribution in [0.25, 0.3) is 43.6 Å². The molecule has 5 aliphatic rings. The van der Waals surface area contributed by atoms with E-state index in [0.29, 0.717) is 175 Å². The molecule has 8 aromatic heterocycles. The van der Waals surface area contributed by atoms with Crippen LogP contribution in [0, 0.1) is 47.9 Å². The van der Waals surface area contributed by atoms with Crippen LogP contribution >= 0.6 is 28.3 Å². The van der Waals surface area contributed by atoms with Gasteiger partial charge in [-0.05, 0) is 178 Å². The Balaban J connectivity index is 0.000000173. The van der Waals surface area contributed by atoms with Crippen LogP contribution in [0.15, 0.2) is 194 Å². The summed E-state index contributed by atoms with van der Waals surface area (Å²) < 4.78 is 12.5. The summed E-state index contributed by atoms with van der Waals surface area (Å²) in [4.78, 5) is 108. The van der Waals surface area contributed by atoms with Gasteiger partial charge in [0.15, 0.2) is 0 Å². The van der Waals surface area contributed by atoms with E-state index in [2.05, 4.69) is 97.2 Å². The maximum absolute atomic E-state index is 12.7. The standard InChI is InChI=1S/2C20H17N3O2.C20H15N3O2.C13H11BrN2O2.C7H5N.C4H8O.B.ClH.Na.H/c3*24-16-7-9-19-22-18-13-14(4-6-15-3-1-2-11-21-15)5-8-17(18)20(25)23(19)12-10-16;14-8-1-3-10-11(7-8)15-12-4-2-9(17)5-6-16(12)13(10)18;1-2-7-5-3-4-6-8-7;1-2-4-5-3-1;;;;/h2*1-3,5,8,11,13,16,24H,7,9-10,12H2;1-3,5,8,11,13H,7,9-10,12H2;1,3,7H,2,4-6H2;1,3-6H;1-4H2;;1H;;/q;;;;;;;;+1;-1. The number of ether oxygens (including phenoxy) is 1. The van der Waals surface area contributed by atoms with Crippen molar-refractivity contribution in [2.24, 2.45) is 0 Å². The molecule has 2 unspecified atom stereocenters. The molecule has 4 aromatic carbocycles. The van der Waals surface area contributed by atoms with Crippen molar-refractivity contribution in [3.05, 3.63) is 279 Å². The van der Waals surface area contributed by atoms with E-state index in [-0.39, 0.29) is 97.8 Å². The third-order valence-electron chi connectivity index (χ3n) is 18.0. The van der Waals surface area contributed by atoms with Gasteiger partial charge in [0.25, 0.3) is 22.2 Å². The fourth-order valence-corrected chi connectivity index (χ4v) is 12.6. The average molecular weight is 1550 g/mol. The molecule has 0 aliphatic carbocycles. The molecule has 543 valence electrons. The Morgan fingerprint density at radius 3 is 1.06 bits per heavy atom. The van der Waals surface area contributed by atoms with E-state index in [0.717, 1.165) is 51.9 Å². The molecule has 25 heteroatoms. The van der Waals surface area contributed by atoms with E-state index >= 15 is 0 Å². The molecule has 0 amide bonds. The molecule has 0 saturated carbocycles. The van der Waals surface area contributed by atoms with Gasteiger partial charge in [0, 0.05) is 145 Å². The second-order valence-electron chi connectivity index (χ2n) is 25.4. The number of halogens is 2. The number of hydrogen-bond donors (Lipinski definition) is 2. The minimum atomic E-state index is -0.371. The zero-order chi connectivity index (χ0) is 73.7. The molecule has 0 bridgehead atoms. The number of aryl methyl sites for hydroxylation is 4. The van der Waals surface area contributed by atoms with Gasteiger partial charge in [0.05, 0.1) is 55.8 Å². The normalized spacial score (nSPS) is 15.0. The molecular formula is C84H75BBrClN12NaO9. The van der Waals surface area contributed by atoms with E-state index in [1.807, 2.05) is 115 Å². The number of carbonyl (C=O) groups is 2. The first-order valence-electron chi connectivity index (χ1n) is 35.1. The van der Waals surface area contributed by atoms with Gasteiger partial charge in [-0.3, -0.25) is 47.0 Å². The molecule has 3 radical (unpaired) electrons. The Labute approximate surface area is 669 Å². The first kappa shape index (κ1) is 82.4. The molecule has 13 heterocycles. The van der Waals surface area contributed by atoms with Gasteiger partial charge in [0.1, 0.15) is 57.6 Å². The topological polar surface area (TPSA) is 275 Å². The first-order valence-corrected chi connectivity index (χ1v) is 35.9. The quantitative estimate of drug-likeness (QED) is 0.115. The van der Waals surface area contributed by atoms with Gasteiger partial charge in [-0.2, -0.15) is 0 Å². The number of rotatable bonds is 0. The fourth-order valence-electron chi connectivity index (χ4n) is 12.3. The van der Waals surface area contributed by atoms with Crippen LogP contribution in [-0.4, -0.2) is 114 Å². The van der Waals surface area contributed by atoms with Gasteiger partial charge in [-0.1, -0.05) is 63.9 Å². The summed E-state index contributed by atoms with van der Waals surface area (Å²) in [6.45, 7) is 3.89. The minimum Gasteiger partial charge on any atom is -1.00 e. The van der Waals surface area contributed by atoms with Gasteiger partial charge in [-0.25, -0.2) is 39.9 Å².